The molecule has 0 atom stereocenters. The fourth-order valence-corrected chi connectivity index (χ4v) is 1.43. The van der Waals surface area contributed by atoms with Crippen LogP contribution in [0.2, 0.25) is 0 Å². The molecule has 0 saturated carbocycles. The minimum Gasteiger partial charge on any atom is -0.477 e. The molecule has 0 aliphatic heterocycles. The Balaban J connectivity index is 3.34. The van der Waals surface area contributed by atoms with Crippen LogP contribution in [0, 0.1) is 17.5 Å². The average Bonchev–Trinajstić information content (AvgIpc) is 2.38. The van der Waals surface area contributed by atoms with E-state index in [4.69, 9.17) is 10.2 Å². The van der Waals surface area contributed by atoms with Crippen LogP contribution in [-0.4, -0.2) is 28.7 Å². The molecule has 0 aromatic heterocycles. The monoisotopic (exact) mass is 289 g/mol. The maximum Gasteiger partial charge on any atom is 0.344 e. The van der Waals surface area contributed by atoms with Gasteiger partial charge in [-0.3, -0.25) is 0 Å². The largest absolute Gasteiger partial charge is 0.477 e. The van der Waals surface area contributed by atoms with Gasteiger partial charge in [0.2, 0.25) is 0 Å². The van der Waals surface area contributed by atoms with Crippen molar-refractivity contribution in [3.8, 4) is 0 Å². The van der Waals surface area contributed by atoms with Crippen LogP contribution < -0.4 is 4.90 Å². The van der Waals surface area contributed by atoms with E-state index in [1.54, 1.807) is 0 Å². The van der Waals surface area contributed by atoms with E-state index in [9.17, 15) is 22.8 Å². The lowest BCUT2D eigenvalue weighted by Crippen LogP contribution is -2.22. The molecule has 20 heavy (non-hydrogen) atoms. The molecule has 0 unspecified atom stereocenters. The number of aliphatic carboxylic acids is 2. The van der Waals surface area contributed by atoms with Crippen molar-refractivity contribution in [1.29, 1.82) is 0 Å². The van der Waals surface area contributed by atoms with Crippen molar-refractivity contribution >= 4 is 17.6 Å². The standard InChI is InChI=1S/C12H10F3NO4/c1-2-16(5-6(11(17)18)12(19)20)8-4-3-7(13)9(14)10(8)15/h3-5H,2H2,1H3,(H,17,18)(H,19,20). The van der Waals surface area contributed by atoms with Crippen LogP contribution in [0.3, 0.4) is 0 Å². The van der Waals surface area contributed by atoms with E-state index in [0.29, 0.717) is 12.3 Å². The first-order chi connectivity index (χ1) is 9.29. The lowest BCUT2D eigenvalue weighted by Gasteiger charge is -2.19. The highest BCUT2D eigenvalue weighted by atomic mass is 19.2. The number of carbonyl (C=O) groups is 2. The number of hydrogen-bond acceptors (Lipinski definition) is 3. The molecule has 0 radical (unpaired) electrons. The van der Waals surface area contributed by atoms with Gasteiger partial charge in [0.05, 0.1) is 5.69 Å². The number of benzene rings is 1. The molecule has 0 amide bonds. The zero-order valence-electron chi connectivity index (χ0n) is 10.2. The van der Waals surface area contributed by atoms with Crippen LogP contribution in [0.4, 0.5) is 18.9 Å². The van der Waals surface area contributed by atoms with Gasteiger partial charge in [0.15, 0.2) is 23.0 Å². The van der Waals surface area contributed by atoms with Crippen molar-refractivity contribution in [1.82, 2.24) is 0 Å². The summed E-state index contributed by atoms with van der Waals surface area (Å²) in [5.74, 6) is -8.12. The second-order valence-corrected chi connectivity index (χ2v) is 3.63. The average molecular weight is 289 g/mol. The summed E-state index contributed by atoms with van der Waals surface area (Å²) in [4.78, 5) is 22.3. The Morgan fingerprint density at radius 3 is 2.15 bits per heavy atom. The zero-order valence-corrected chi connectivity index (χ0v) is 10.2. The minimum atomic E-state index is -1.74. The predicted octanol–water partition coefficient (Wildman–Crippen LogP) is 1.98. The molecule has 0 spiro atoms. The number of rotatable bonds is 5. The second kappa shape index (κ2) is 6.09. The van der Waals surface area contributed by atoms with Gasteiger partial charge in [-0.15, -0.1) is 0 Å². The van der Waals surface area contributed by atoms with Gasteiger partial charge in [0.25, 0.3) is 0 Å². The van der Waals surface area contributed by atoms with Crippen LogP contribution in [-0.2, 0) is 9.59 Å². The Kier molecular flexibility index (Phi) is 4.73. The van der Waals surface area contributed by atoms with Crippen LogP contribution in [0.5, 0.6) is 0 Å². The van der Waals surface area contributed by atoms with Gasteiger partial charge < -0.3 is 15.1 Å². The molecule has 0 fully saturated rings. The van der Waals surface area contributed by atoms with Crippen molar-refractivity contribution in [2.24, 2.45) is 0 Å². The summed E-state index contributed by atoms with van der Waals surface area (Å²) in [6.07, 6.45) is 0.639. The van der Waals surface area contributed by atoms with E-state index in [1.165, 1.54) is 6.92 Å². The van der Waals surface area contributed by atoms with Gasteiger partial charge >= 0.3 is 11.9 Å². The Hall–Kier alpha value is -2.51. The molecule has 1 aromatic carbocycles. The molecule has 8 heteroatoms. The van der Waals surface area contributed by atoms with E-state index in [2.05, 4.69) is 0 Å². The molecular weight excluding hydrogens is 279 g/mol. The third-order valence-electron chi connectivity index (χ3n) is 2.41. The van der Waals surface area contributed by atoms with Gasteiger partial charge in [-0.2, -0.15) is 0 Å². The van der Waals surface area contributed by atoms with E-state index in [1.807, 2.05) is 0 Å². The maximum atomic E-state index is 13.6. The normalized spacial score (nSPS) is 10.0. The highest BCUT2D eigenvalue weighted by Gasteiger charge is 2.21. The van der Waals surface area contributed by atoms with Crippen molar-refractivity contribution < 1.29 is 33.0 Å². The Bertz CT molecular complexity index is 570. The SMILES string of the molecule is CCN(C=C(C(=O)O)C(=O)O)c1ccc(F)c(F)c1F. The van der Waals surface area contributed by atoms with Crippen molar-refractivity contribution in [3.63, 3.8) is 0 Å². The molecule has 0 saturated heterocycles. The Morgan fingerprint density at radius 1 is 1.15 bits per heavy atom. The number of hydrogen-bond donors (Lipinski definition) is 2. The molecule has 1 aromatic rings. The van der Waals surface area contributed by atoms with Crippen LogP contribution >= 0.6 is 0 Å². The van der Waals surface area contributed by atoms with Gasteiger partial charge in [0.1, 0.15) is 0 Å². The lowest BCUT2D eigenvalue weighted by atomic mass is 10.2. The van der Waals surface area contributed by atoms with Gasteiger partial charge in [-0.25, -0.2) is 22.8 Å². The summed E-state index contributed by atoms with van der Waals surface area (Å²) < 4.78 is 39.5. The van der Waals surface area contributed by atoms with Gasteiger partial charge in [-0.1, -0.05) is 0 Å². The quantitative estimate of drug-likeness (QED) is 0.375. The first-order valence-electron chi connectivity index (χ1n) is 5.38. The van der Waals surface area contributed by atoms with Crippen LogP contribution in [0.1, 0.15) is 6.92 Å². The number of carboxylic acids is 2. The number of carboxylic acid groups (broad SMARTS) is 2. The summed E-state index contributed by atoms with van der Waals surface area (Å²) in [7, 11) is 0. The predicted molar refractivity (Wildman–Crippen MR) is 62.7 cm³/mol. The molecule has 2 N–H and O–H groups in total. The summed E-state index contributed by atoms with van der Waals surface area (Å²) in [5.41, 5.74) is -1.50. The number of anilines is 1. The fraction of sp³-hybridized carbons (Fsp3) is 0.167. The zero-order chi connectivity index (χ0) is 15.4. The summed E-state index contributed by atoms with van der Waals surface area (Å²) in [6.45, 7) is 1.41. The van der Waals surface area contributed by atoms with Crippen molar-refractivity contribution in [2.45, 2.75) is 6.92 Å². The van der Waals surface area contributed by atoms with E-state index < -0.39 is 40.7 Å². The highest BCUT2D eigenvalue weighted by molar-refractivity contribution is 6.12. The summed E-state index contributed by atoms with van der Waals surface area (Å²) in [5, 5.41) is 17.4. The molecule has 0 heterocycles. The molecule has 1 rings (SSSR count). The maximum absolute atomic E-state index is 13.6. The Labute approximate surface area is 111 Å². The van der Waals surface area contributed by atoms with E-state index in [0.717, 1.165) is 11.0 Å². The van der Waals surface area contributed by atoms with Crippen molar-refractivity contribution in [2.75, 3.05) is 11.4 Å². The molecular formula is C12H10F3NO4. The minimum absolute atomic E-state index is 0.0496. The van der Waals surface area contributed by atoms with Gasteiger partial charge in [-0.05, 0) is 19.1 Å². The fourth-order valence-electron chi connectivity index (χ4n) is 1.43. The second-order valence-electron chi connectivity index (χ2n) is 3.63. The number of halogens is 3. The van der Waals surface area contributed by atoms with Crippen molar-refractivity contribution in [3.05, 3.63) is 41.4 Å². The Morgan fingerprint density at radius 2 is 1.70 bits per heavy atom. The molecule has 0 aliphatic carbocycles. The molecule has 5 nitrogen and oxygen atoms in total. The van der Waals surface area contributed by atoms with Gasteiger partial charge in [0, 0.05) is 12.7 Å². The molecule has 108 valence electrons. The third kappa shape index (κ3) is 3.08. The highest BCUT2D eigenvalue weighted by Crippen LogP contribution is 2.24. The first-order valence-corrected chi connectivity index (χ1v) is 5.38. The van der Waals surface area contributed by atoms with Crippen LogP contribution in [0.25, 0.3) is 0 Å². The number of nitrogens with zero attached hydrogens (tertiary/aromatic N) is 1. The summed E-state index contributed by atoms with van der Waals surface area (Å²) in [6, 6.07) is 1.54. The molecule has 0 aliphatic rings. The first kappa shape index (κ1) is 15.5. The van der Waals surface area contributed by atoms with E-state index in [-0.39, 0.29) is 6.54 Å². The van der Waals surface area contributed by atoms with Crippen LogP contribution in [0.15, 0.2) is 23.9 Å². The third-order valence-corrected chi connectivity index (χ3v) is 2.41. The lowest BCUT2D eigenvalue weighted by molar-refractivity contribution is -0.140. The smallest absolute Gasteiger partial charge is 0.344 e. The molecule has 0 bridgehead atoms. The summed E-state index contributed by atoms with van der Waals surface area (Å²) >= 11 is 0. The topological polar surface area (TPSA) is 77.8 Å². The van der Waals surface area contributed by atoms with E-state index >= 15 is 0 Å².